The van der Waals surface area contributed by atoms with E-state index in [9.17, 15) is 14.0 Å². The van der Waals surface area contributed by atoms with Crippen LogP contribution in [0.25, 0.3) is 0 Å². The van der Waals surface area contributed by atoms with E-state index in [0.29, 0.717) is 23.7 Å². The molecule has 0 aliphatic rings. The van der Waals surface area contributed by atoms with Gasteiger partial charge in [0.1, 0.15) is 5.82 Å². The lowest BCUT2D eigenvalue weighted by atomic mass is 9.99. The van der Waals surface area contributed by atoms with E-state index in [1.54, 1.807) is 6.92 Å². The maximum atomic E-state index is 13.0. The van der Waals surface area contributed by atoms with Crippen molar-refractivity contribution in [1.82, 2.24) is 5.32 Å². The number of rotatable bonds is 7. The van der Waals surface area contributed by atoms with Crippen LogP contribution in [0.5, 0.6) is 0 Å². The molecule has 0 aliphatic carbocycles. The van der Waals surface area contributed by atoms with Gasteiger partial charge in [-0.1, -0.05) is 33.1 Å². The van der Waals surface area contributed by atoms with Gasteiger partial charge in [0, 0.05) is 12.2 Å². The highest BCUT2D eigenvalue weighted by atomic mass is 19.1. The van der Waals surface area contributed by atoms with Gasteiger partial charge < -0.3 is 10.6 Å². The molecular weight excluding hydrogens is 283 g/mol. The lowest BCUT2D eigenvalue weighted by molar-refractivity contribution is -0.136. The van der Waals surface area contributed by atoms with Crippen molar-refractivity contribution >= 4 is 17.5 Å². The van der Waals surface area contributed by atoms with E-state index >= 15 is 0 Å². The zero-order valence-electron chi connectivity index (χ0n) is 13.5. The normalized spacial score (nSPS) is 11.8. The van der Waals surface area contributed by atoms with E-state index in [2.05, 4.69) is 24.5 Å². The Morgan fingerprint density at radius 3 is 2.55 bits per heavy atom. The van der Waals surface area contributed by atoms with Gasteiger partial charge in [0.2, 0.25) is 0 Å². The van der Waals surface area contributed by atoms with Crippen molar-refractivity contribution < 1.29 is 14.0 Å². The molecule has 5 heteroatoms. The summed E-state index contributed by atoms with van der Waals surface area (Å²) in [5.41, 5.74) is 1.02. The Balaban J connectivity index is 2.49. The quantitative estimate of drug-likeness (QED) is 0.758. The first-order valence-corrected chi connectivity index (χ1v) is 7.83. The first-order valence-electron chi connectivity index (χ1n) is 7.83. The van der Waals surface area contributed by atoms with Gasteiger partial charge in [-0.2, -0.15) is 0 Å². The van der Waals surface area contributed by atoms with Gasteiger partial charge in [0.15, 0.2) is 0 Å². The summed E-state index contributed by atoms with van der Waals surface area (Å²) in [6, 6.07) is 4.01. The Kier molecular flexibility index (Phi) is 7.57. The van der Waals surface area contributed by atoms with E-state index < -0.39 is 11.8 Å². The summed E-state index contributed by atoms with van der Waals surface area (Å²) < 4.78 is 13.0. The maximum absolute atomic E-state index is 13.0. The van der Waals surface area contributed by atoms with Crippen LogP contribution in [0.15, 0.2) is 18.2 Å². The van der Waals surface area contributed by atoms with Crippen LogP contribution in [0.2, 0.25) is 0 Å². The van der Waals surface area contributed by atoms with Gasteiger partial charge in [-0.05, 0) is 43.0 Å². The monoisotopic (exact) mass is 308 g/mol. The molecule has 2 N–H and O–H groups in total. The van der Waals surface area contributed by atoms with Crippen LogP contribution < -0.4 is 10.6 Å². The van der Waals surface area contributed by atoms with E-state index in [-0.39, 0.29) is 5.82 Å². The fourth-order valence-electron chi connectivity index (χ4n) is 2.21. The van der Waals surface area contributed by atoms with Crippen molar-refractivity contribution in [3.8, 4) is 0 Å². The molecule has 1 aromatic carbocycles. The summed E-state index contributed by atoms with van der Waals surface area (Å²) in [6.45, 7) is 6.39. The van der Waals surface area contributed by atoms with E-state index in [1.807, 2.05) is 0 Å². The van der Waals surface area contributed by atoms with Crippen molar-refractivity contribution in [3.63, 3.8) is 0 Å². The summed E-state index contributed by atoms with van der Waals surface area (Å²) in [4.78, 5) is 23.7. The number of carbonyl (C=O) groups is 2. The summed E-state index contributed by atoms with van der Waals surface area (Å²) in [6.07, 6.45) is 4.26. The molecule has 0 aromatic heterocycles. The Hall–Kier alpha value is -1.91. The zero-order chi connectivity index (χ0) is 16.5. The predicted octanol–water partition coefficient (Wildman–Crippen LogP) is 3.41. The van der Waals surface area contributed by atoms with Crippen molar-refractivity contribution in [3.05, 3.63) is 29.6 Å². The van der Waals surface area contributed by atoms with Gasteiger partial charge in [0.05, 0.1) is 0 Å². The molecule has 0 bridgehead atoms. The third-order valence-electron chi connectivity index (χ3n) is 3.74. The Morgan fingerprint density at radius 2 is 1.95 bits per heavy atom. The number of anilines is 1. The third-order valence-corrected chi connectivity index (χ3v) is 3.74. The number of halogens is 1. The van der Waals surface area contributed by atoms with E-state index in [1.165, 1.54) is 18.2 Å². The molecule has 122 valence electrons. The van der Waals surface area contributed by atoms with Crippen molar-refractivity contribution in [1.29, 1.82) is 0 Å². The fraction of sp³-hybridized carbons (Fsp3) is 0.529. The molecule has 0 saturated heterocycles. The molecule has 0 heterocycles. The average Bonchev–Trinajstić information content (AvgIpc) is 2.49. The van der Waals surface area contributed by atoms with Gasteiger partial charge >= 0.3 is 11.8 Å². The molecule has 22 heavy (non-hydrogen) atoms. The van der Waals surface area contributed by atoms with E-state index in [0.717, 1.165) is 25.7 Å². The van der Waals surface area contributed by atoms with Crippen LogP contribution in [0.3, 0.4) is 0 Å². The topological polar surface area (TPSA) is 58.2 Å². The largest absolute Gasteiger partial charge is 0.348 e. The lowest BCUT2D eigenvalue weighted by Crippen LogP contribution is -2.38. The first kappa shape index (κ1) is 18.1. The second-order valence-corrected chi connectivity index (χ2v) is 5.54. The van der Waals surface area contributed by atoms with Crippen LogP contribution in [-0.2, 0) is 9.59 Å². The number of unbranched alkanes of at least 4 members (excludes halogenated alkanes) is 1. The minimum Gasteiger partial charge on any atom is -0.348 e. The number of hydrogen-bond acceptors (Lipinski definition) is 2. The molecule has 0 spiro atoms. The fourth-order valence-corrected chi connectivity index (χ4v) is 2.21. The van der Waals surface area contributed by atoms with Crippen LogP contribution in [0, 0.1) is 18.7 Å². The number of amides is 2. The lowest BCUT2D eigenvalue weighted by Gasteiger charge is -2.15. The molecule has 1 atom stereocenters. The van der Waals surface area contributed by atoms with Crippen molar-refractivity contribution in [2.75, 3.05) is 11.9 Å². The minimum atomic E-state index is -0.722. The summed E-state index contributed by atoms with van der Waals surface area (Å²) in [5.74, 6) is -1.36. The van der Waals surface area contributed by atoms with Gasteiger partial charge in [-0.15, -0.1) is 0 Å². The minimum absolute atomic E-state index is 0.373. The molecule has 1 aromatic rings. The highest BCUT2D eigenvalue weighted by Gasteiger charge is 2.16. The zero-order valence-corrected chi connectivity index (χ0v) is 13.5. The second kappa shape index (κ2) is 9.18. The number of nitrogens with one attached hydrogen (secondary N) is 2. The van der Waals surface area contributed by atoms with Crippen LogP contribution in [0.4, 0.5) is 10.1 Å². The molecule has 0 fully saturated rings. The number of benzene rings is 1. The van der Waals surface area contributed by atoms with Gasteiger partial charge in [-0.3, -0.25) is 9.59 Å². The molecule has 0 aliphatic heterocycles. The number of aryl methyl sites for hydroxylation is 1. The van der Waals surface area contributed by atoms with Crippen molar-refractivity contribution in [2.24, 2.45) is 5.92 Å². The molecule has 0 unspecified atom stereocenters. The number of carbonyl (C=O) groups excluding carboxylic acids is 2. The smallest absolute Gasteiger partial charge is 0.313 e. The molecule has 4 nitrogen and oxygen atoms in total. The summed E-state index contributed by atoms with van der Waals surface area (Å²) in [7, 11) is 0. The number of hydrogen-bond donors (Lipinski definition) is 2. The summed E-state index contributed by atoms with van der Waals surface area (Å²) >= 11 is 0. The molecule has 0 radical (unpaired) electrons. The Morgan fingerprint density at radius 1 is 1.23 bits per heavy atom. The summed E-state index contributed by atoms with van der Waals surface area (Å²) in [5, 5.41) is 5.17. The highest BCUT2D eigenvalue weighted by Crippen LogP contribution is 2.15. The molecule has 2 amide bonds. The highest BCUT2D eigenvalue weighted by molar-refractivity contribution is 6.39. The van der Waals surface area contributed by atoms with Gasteiger partial charge in [0.25, 0.3) is 0 Å². The van der Waals surface area contributed by atoms with Crippen molar-refractivity contribution in [2.45, 2.75) is 46.5 Å². The van der Waals surface area contributed by atoms with Crippen LogP contribution in [-0.4, -0.2) is 18.4 Å². The molecule has 0 saturated carbocycles. The average molecular weight is 308 g/mol. The SMILES string of the molecule is CCCC[C@H](CC)CNC(=O)C(=O)Nc1ccc(F)cc1C. The van der Waals surface area contributed by atoms with Crippen LogP contribution in [0.1, 0.15) is 45.1 Å². The molecular formula is C17H25FN2O2. The standard InChI is InChI=1S/C17H25FN2O2/c1-4-6-7-13(5-2)11-19-16(21)17(22)20-15-9-8-14(18)10-12(15)3/h8-10,13H,4-7,11H2,1-3H3,(H,19,21)(H,20,22)/t13-/m0/s1. The Bertz CT molecular complexity index is 517. The Labute approximate surface area is 131 Å². The van der Waals surface area contributed by atoms with E-state index in [4.69, 9.17) is 0 Å². The second-order valence-electron chi connectivity index (χ2n) is 5.54. The third kappa shape index (κ3) is 5.84. The first-order chi connectivity index (χ1) is 10.5. The molecule has 1 rings (SSSR count). The maximum Gasteiger partial charge on any atom is 0.313 e. The van der Waals surface area contributed by atoms with Gasteiger partial charge in [-0.25, -0.2) is 4.39 Å². The van der Waals surface area contributed by atoms with Crippen LogP contribution >= 0.6 is 0 Å². The predicted molar refractivity (Wildman–Crippen MR) is 86.1 cm³/mol.